The van der Waals surface area contributed by atoms with Crippen molar-refractivity contribution in [3.8, 4) is 5.75 Å². The minimum absolute atomic E-state index is 0.0647. The van der Waals surface area contributed by atoms with E-state index in [1.54, 1.807) is 7.11 Å². The second kappa shape index (κ2) is 8.05. The van der Waals surface area contributed by atoms with Gasteiger partial charge in [0.15, 0.2) is 0 Å². The Hall–Kier alpha value is -3.18. The van der Waals surface area contributed by atoms with Crippen molar-refractivity contribution in [3.63, 3.8) is 0 Å². The van der Waals surface area contributed by atoms with Crippen molar-refractivity contribution < 1.29 is 14.3 Å². The molecule has 0 aromatic heterocycles. The molecule has 0 bridgehead atoms. The molecule has 2 amide bonds. The minimum Gasteiger partial charge on any atom is -0.497 e. The maximum absolute atomic E-state index is 13.0. The molecular weight excluding hydrogens is 364 g/mol. The van der Waals surface area contributed by atoms with Gasteiger partial charge in [0.1, 0.15) is 5.75 Å². The lowest BCUT2D eigenvalue weighted by Crippen LogP contribution is -2.44. The molecule has 4 rings (SSSR count). The average Bonchev–Trinajstić information content (AvgIpc) is 3.12. The van der Waals surface area contributed by atoms with Gasteiger partial charge >= 0.3 is 0 Å². The van der Waals surface area contributed by atoms with Crippen molar-refractivity contribution in [2.75, 3.05) is 7.11 Å². The molecule has 148 valence electrons. The molecule has 2 atom stereocenters. The Morgan fingerprint density at radius 1 is 1.10 bits per heavy atom. The predicted molar refractivity (Wildman–Crippen MR) is 112 cm³/mol. The second-order valence-corrected chi connectivity index (χ2v) is 7.48. The topological polar surface area (TPSA) is 58.6 Å². The Labute approximate surface area is 170 Å². The molecule has 0 radical (unpaired) electrons. The number of fused-ring (bicyclic) bond motifs is 1. The molecule has 1 fully saturated rings. The number of benzene rings is 3. The van der Waals surface area contributed by atoms with Gasteiger partial charge in [-0.05, 0) is 47.4 Å². The van der Waals surface area contributed by atoms with Crippen LogP contribution in [0.2, 0.25) is 0 Å². The number of hydrogen-bond donors (Lipinski definition) is 1. The Kier molecular flexibility index (Phi) is 5.32. The summed E-state index contributed by atoms with van der Waals surface area (Å²) in [6, 6.07) is 21.7. The number of methoxy groups -OCH3 is 1. The Balaban J connectivity index is 1.48. The van der Waals surface area contributed by atoms with Crippen molar-refractivity contribution in [1.29, 1.82) is 0 Å². The fourth-order valence-corrected chi connectivity index (χ4v) is 3.78. The summed E-state index contributed by atoms with van der Waals surface area (Å²) >= 11 is 0. The van der Waals surface area contributed by atoms with Crippen LogP contribution in [-0.2, 0) is 16.0 Å². The zero-order chi connectivity index (χ0) is 20.4. The largest absolute Gasteiger partial charge is 0.497 e. The lowest BCUT2D eigenvalue weighted by molar-refractivity contribution is -0.145. The maximum atomic E-state index is 13.0. The molecule has 1 saturated heterocycles. The van der Waals surface area contributed by atoms with Crippen LogP contribution in [0.1, 0.15) is 30.4 Å². The molecule has 3 aromatic rings. The number of carbonyl (C=O) groups excluding carboxylic acids is 2. The van der Waals surface area contributed by atoms with E-state index in [9.17, 15) is 9.59 Å². The lowest BCUT2D eigenvalue weighted by atomic mass is 9.97. The SMILES string of the molecule is COc1ccc2cc([C@H](C)C(=O)N3N[C@H](Cc4ccccc4)CC3=O)ccc2c1. The monoisotopic (exact) mass is 388 g/mol. The molecule has 0 unspecified atom stereocenters. The van der Waals surface area contributed by atoms with E-state index in [-0.39, 0.29) is 17.9 Å². The molecule has 1 N–H and O–H groups in total. The molecule has 5 heteroatoms. The van der Waals surface area contributed by atoms with Crippen LogP contribution < -0.4 is 10.2 Å². The van der Waals surface area contributed by atoms with Crippen molar-refractivity contribution >= 4 is 22.6 Å². The van der Waals surface area contributed by atoms with Crippen molar-refractivity contribution in [3.05, 3.63) is 77.9 Å². The third kappa shape index (κ3) is 4.00. The normalized spacial score (nSPS) is 17.5. The number of nitrogens with one attached hydrogen (secondary N) is 1. The van der Waals surface area contributed by atoms with Crippen LogP contribution in [0.15, 0.2) is 66.7 Å². The Morgan fingerprint density at radius 2 is 1.83 bits per heavy atom. The first kappa shape index (κ1) is 19.2. The van der Waals surface area contributed by atoms with Gasteiger partial charge in [-0.1, -0.05) is 54.6 Å². The summed E-state index contributed by atoms with van der Waals surface area (Å²) in [5.74, 6) is -0.0224. The fraction of sp³-hybridized carbons (Fsp3) is 0.250. The fourth-order valence-electron chi connectivity index (χ4n) is 3.78. The number of rotatable bonds is 5. The number of nitrogens with zero attached hydrogens (tertiary/aromatic N) is 1. The molecule has 0 aliphatic carbocycles. The molecule has 0 saturated carbocycles. The summed E-state index contributed by atoms with van der Waals surface area (Å²) in [5, 5.41) is 3.29. The number of hydrazine groups is 1. The lowest BCUT2D eigenvalue weighted by Gasteiger charge is -2.21. The molecule has 1 aliphatic heterocycles. The van der Waals surface area contributed by atoms with Gasteiger partial charge in [0.05, 0.1) is 13.0 Å². The van der Waals surface area contributed by atoms with E-state index in [1.807, 2.05) is 73.7 Å². The van der Waals surface area contributed by atoms with Crippen LogP contribution >= 0.6 is 0 Å². The highest BCUT2D eigenvalue weighted by molar-refractivity contribution is 5.99. The quantitative estimate of drug-likeness (QED) is 0.722. The molecule has 1 heterocycles. The number of imide groups is 1. The van der Waals surface area contributed by atoms with E-state index in [0.717, 1.165) is 27.6 Å². The molecule has 0 spiro atoms. The molecular formula is C24H24N2O3. The highest BCUT2D eigenvalue weighted by Crippen LogP contribution is 2.27. The average molecular weight is 388 g/mol. The van der Waals surface area contributed by atoms with Gasteiger partial charge in [0.2, 0.25) is 5.91 Å². The van der Waals surface area contributed by atoms with Crippen LogP contribution in [0, 0.1) is 0 Å². The predicted octanol–water partition coefficient (Wildman–Crippen LogP) is 3.83. The van der Waals surface area contributed by atoms with Crippen molar-refractivity contribution in [1.82, 2.24) is 10.4 Å². The van der Waals surface area contributed by atoms with E-state index in [1.165, 1.54) is 5.01 Å². The van der Waals surface area contributed by atoms with E-state index in [2.05, 4.69) is 5.43 Å². The zero-order valence-electron chi connectivity index (χ0n) is 16.6. The summed E-state index contributed by atoms with van der Waals surface area (Å²) in [5.41, 5.74) is 5.14. The number of hydrogen-bond acceptors (Lipinski definition) is 4. The number of amides is 2. The van der Waals surface area contributed by atoms with Crippen LogP contribution in [0.4, 0.5) is 0 Å². The van der Waals surface area contributed by atoms with E-state index >= 15 is 0 Å². The number of ether oxygens (including phenoxy) is 1. The van der Waals surface area contributed by atoms with Crippen LogP contribution in [0.3, 0.4) is 0 Å². The van der Waals surface area contributed by atoms with E-state index < -0.39 is 5.92 Å². The summed E-state index contributed by atoms with van der Waals surface area (Å²) in [4.78, 5) is 25.5. The van der Waals surface area contributed by atoms with Gasteiger partial charge in [-0.25, -0.2) is 10.4 Å². The molecule has 3 aromatic carbocycles. The Morgan fingerprint density at radius 3 is 2.59 bits per heavy atom. The highest BCUT2D eigenvalue weighted by atomic mass is 16.5. The van der Waals surface area contributed by atoms with E-state index in [4.69, 9.17) is 4.74 Å². The zero-order valence-corrected chi connectivity index (χ0v) is 16.6. The smallest absolute Gasteiger partial charge is 0.251 e. The summed E-state index contributed by atoms with van der Waals surface area (Å²) in [6.45, 7) is 1.84. The van der Waals surface area contributed by atoms with Crippen LogP contribution in [0.25, 0.3) is 10.8 Å². The van der Waals surface area contributed by atoms with Crippen LogP contribution in [0.5, 0.6) is 5.75 Å². The van der Waals surface area contributed by atoms with Crippen LogP contribution in [-0.4, -0.2) is 30.0 Å². The second-order valence-electron chi connectivity index (χ2n) is 7.48. The first-order valence-electron chi connectivity index (χ1n) is 9.80. The highest BCUT2D eigenvalue weighted by Gasteiger charge is 2.36. The standard InChI is InChI=1S/C24H24N2O3/c1-16(18-8-9-20-14-22(29-2)11-10-19(20)13-18)24(28)26-23(27)15-21(25-26)12-17-6-4-3-5-7-17/h3-11,13-14,16,21,25H,12,15H2,1-2H3/t16-,21+/m0/s1. The minimum atomic E-state index is -0.423. The van der Waals surface area contributed by atoms with Gasteiger partial charge in [0.25, 0.3) is 5.91 Å². The third-order valence-electron chi connectivity index (χ3n) is 5.47. The number of carbonyl (C=O) groups is 2. The first-order valence-corrected chi connectivity index (χ1v) is 9.80. The van der Waals surface area contributed by atoms with Gasteiger partial charge in [-0.2, -0.15) is 0 Å². The Bertz CT molecular complexity index is 1050. The maximum Gasteiger partial charge on any atom is 0.251 e. The van der Waals surface area contributed by atoms with E-state index in [0.29, 0.717) is 12.8 Å². The first-order chi connectivity index (χ1) is 14.0. The molecule has 5 nitrogen and oxygen atoms in total. The van der Waals surface area contributed by atoms with Gasteiger partial charge < -0.3 is 4.74 Å². The van der Waals surface area contributed by atoms with Gasteiger partial charge in [0, 0.05) is 12.5 Å². The van der Waals surface area contributed by atoms with Gasteiger partial charge in [-0.3, -0.25) is 9.59 Å². The summed E-state index contributed by atoms with van der Waals surface area (Å²) < 4.78 is 5.26. The van der Waals surface area contributed by atoms with Gasteiger partial charge in [-0.15, -0.1) is 0 Å². The molecule has 1 aliphatic rings. The van der Waals surface area contributed by atoms with Crippen molar-refractivity contribution in [2.24, 2.45) is 0 Å². The summed E-state index contributed by atoms with van der Waals surface area (Å²) in [7, 11) is 1.64. The van der Waals surface area contributed by atoms with Crippen molar-refractivity contribution in [2.45, 2.75) is 31.7 Å². The third-order valence-corrected chi connectivity index (χ3v) is 5.47. The summed E-state index contributed by atoms with van der Waals surface area (Å²) in [6.07, 6.45) is 1.04. The molecule has 29 heavy (non-hydrogen) atoms.